The lowest BCUT2D eigenvalue weighted by atomic mass is 10.0. The lowest BCUT2D eigenvalue weighted by Crippen LogP contribution is -2.16. The molecule has 0 saturated carbocycles. The Labute approximate surface area is 148 Å². The molecule has 8 heteroatoms. The fraction of sp³-hybridized carbons (Fsp3) is 0.333. The summed E-state index contributed by atoms with van der Waals surface area (Å²) in [6.45, 7) is 1.72. The largest absolute Gasteiger partial charge is 0.497 e. The summed E-state index contributed by atoms with van der Waals surface area (Å²) in [4.78, 5) is 24.3. The van der Waals surface area contributed by atoms with E-state index in [1.54, 1.807) is 6.92 Å². The van der Waals surface area contributed by atoms with Gasteiger partial charge in [0.2, 0.25) is 5.78 Å². The molecule has 2 aromatic rings. The average Bonchev–Trinajstić information content (AvgIpc) is 2.91. The minimum absolute atomic E-state index is 0.0487. The fourth-order valence-electron chi connectivity index (χ4n) is 2.56. The summed E-state index contributed by atoms with van der Waals surface area (Å²) in [6, 6.07) is 6.57. The van der Waals surface area contributed by atoms with Crippen LogP contribution in [0, 0.1) is 0 Å². The predicted molar refractivity (Wildman–Crippen MR) is 87.2 cm³/mol. The van der Waals surface area contributed by atoms with Crippen LogP contribution in [0.5, 0.6) is 5.75 Å². The van der Waals surface area contributed by atoms with E-state index in [1.807, 2.05) is 0 Å². The molecular weight excluding hydrogens is 351 g/mol. The van der Waals surface area contributed by atoms with Gasteiger partial charge >= 0.3 is 12.1 Å². The third kappa shape index (κ3) is 4.07. The number of methoxy groups -OCH3 is 1. The molecule has 140 valence electrons. The molecule has 1 aromatic carbocycles. The summed E-state index contributed by atoms with van der Waals surface area (Å²) in [5.41, 5.74) is -1.48. The van der Waals surface area contributed by atoms with E-state index in [-0.39, 0.29) is 24.3 Å². The van der Waals surface area contributed by atoms with Crippen molar-refractivity contribution in [3.8, 4) is 5.75 Å². The molecule has 5 nitrogen and oxygen atoms in total. The van der Waals surface area contributed by atoms with Crippen LogP contribution in [0.4, 0.5) is 13.2 Å². The summed E-state index contributed by atoms with van der Waals surface area (Å²) in [6.07, 6.45) is -5.09. The minimum Gasteiger partial charge on any atom is -0.497 e. The van der Waals surface area contributed by atoms with Crippen LogP contribution in [-0.4, -0.2) is 30.0 Å². The number of carbonyl (C=O) groups is 2. The van der Waals surface area contributed by atoms with Gasteiger partial charge in [0.25, 0.3) is 0 Å². The first kappa shape index (κ1) is 19.6. The minimum atomic E-state index is -4.73. The van der Waals surface area contributed by atoms with E-state index in [9.17, 15) is 22.8 Å². The second-order valence-corrected chi connectivity index (χ2v) is 5.49. The molecule has 0 aliphatic rings. The molecule has 0 aliphatic carbocycles. The molecular formula is C18H18F3NO4. The average molecular weight is 369 g/mol. The van der Waals surface area contributed by atoms with E-state index < -0.39 is 29.2 Å². The number of carbonyl (C=O) groups excluding carboxylic acids is 2. The molecule has 0 spiro atoms. The molecule has 0 atom stereocenters. The lowest BCUT2D eigenvalue weighted by Gasteiger charge is -2.11. The van der Waals surface area contributed by atoms with Crippen LogP contribution in [0.2, 0.25) is 0 Å². The van der Waals surface area contributed by atoms with Crippen LogP contribution in [0.1, 0.15) is 34.2 Å². The summed E-state index contributed by atoms with van der Waals surface area (Å²) in [7, 11) is 2.76. The normalized spacial score (nSPS) is 11.3. The highest BCUT2D eigenvalue weighted by molar-refractivity contribution is 6.09. The van der Waals surface area contributed by atoms with Crippen LogP contribution < -0.4 is 4.74 Å². The van der Waals surface area contributed by atoms with Crippen molar-refractivity contribution in [3.63, 3.8) is 0 Å². The van der Waals surface area contributed by atoms with Gasteiger partial charge in [0.1, 0.15) is 11.4 Å². The molecule has 0 fully saturated rings. The Morgan fingerprint density at radius 1 is 1.15 bits per heavy atom. The number of esters is 1. The summed E-state index contributed by atoms with van der Waals surface area (Å²) < 4.78 is 51.1. The third-order valence-electron chi connectivity index (χ3n) is 3.84. The smallest absolute Gasteiger partial charge is 0.418 e. The van der Waals surface area contributed by atoms with Gasteiger partial charge < -0.3 is 14.0 Å². The van der Waals surface area contributed by atoms with E-state index in [4.69, 9.17) is 9.47 Å². The third-order valence-corrected chi connectivity index (χ3v) is 3.84. The molecule has 0 saturated heterocycles. The number of hydrogen-bond donors (Lipinski definition) is 0. The molecule has 0 amide bonds. The number of aromatic nitrogens is 1. The van der Waals surface area contributed by atoms with Crippen LogP contribution in [0.3, 0.4) is 0 Å². The Kier molecular flexibility index (Phi) is 5.74. The quantitative estimate of drug-likeness (QED) is 0.579. The van der Waals surface area contributed by atoms with Gasteiger partial charge in [-0.2, -0.15) is 13.2 Å². The lowest BCUT2D eigenvalue weighted by molar-refractivity contribution is -0.142. The topological polar surface area (TPSA) is 57.5 Å². The second-order valence-electron chi connectivity index (χ2n) is 5.49. The van der Waals surface area contributed by atoms with Gasteiger partial charge in [-0.1, -0.05) is 0 Å². The van der Waals surface area contributed by atoms with Gasteiger partial charge in [0.15, 0.2) is 0 Å². The van der Waals surface area contributed by atoms with Gasteiger partial charge in [-0.15, -0.1) is 0 Å². The number of ketones is 1. The molecule has 0 unspecified atom stereocenters. The number of alkyl halides is 3. The molecule has 0 N–H and O–H groups in total. The maximum atomic E-state index is 13.4. The number of nitrogens with zero attached hydrogens (tertiary/aromatic N) is 1. The Hall–Kier alpha value is -2.77. The maximum absolute atomic E-state index is 13.4. The highest BCUT2D eigenvalue weighted by Gasteiger charge is 2.39. The monoisotopic (exact) mass is 369 g/mol. The zero-order valence-electron chi connectivity index (χ0n) is 14.5. The number of benzene rings is 1. The van der Waals surface area contributed by atoms with Gasteiger partial charge in [-0.05, 0) is 37.3 Å². The highest BCUT2D eigenvalue weighted by atomic mass is 19.4. The van der Waals surface area contributed by atoms with Crippen LogP contribution in [0.25, 0.3) is 0 Å². The van der Waals surface area contributed by atoms with Gasteiger partial charge in [0, 0.05) is 18.3 Å². The standard InChI is InChI=1S/C18H18F3NO4/c1-4-26-15(23)10-12-9-14(18(19,20)21)16(22(12)2)17(24)11-5-7-13(25-3)8-6-11/h5-9H,4,10H2,1-3H3. The van der Waals surface area contributed by atoms with Crippen molar-refractivity contribution in [2.45, 2.75) is 19.5 Å². The van der Waals surface area contributed by atoms with Crippen molar-refractivity contribution in [1.29, 1.82) is 0 Å². The van der Waals surface area contributed by atoms with Crippen molar-refractivity contribution in [2.24, 2.45) is 7.05 Å². The van der Waals surface area contributed by atoms with E-state index in [1.165, 1.54) is 38.4 Å². The SMILES string of the molecule is CCOC(=O)Cc1cc(C(F)(F)F)c(C(=O)c2ccc(OC)cc2)n1C. The van der Waals surface area contributed by atoms with Crippen molar-refractivity contribution in [3.05, 3.63) is 52.8 Å². The summed E-state index contributed by atoms with van der Waals surface area (Å²) >= 11 is 0. The first-order chi connectivity index (χ1) is 12.2. The maximum Gasteiger partial charge on any atom is 0.418 e. The van der Waals surface area contributed by atoms with Crippen molar-refractivity contribution < 1.29 is 32.2 Å². The first-order valence-corrected chi connectivity index (χ1v) is 7.79. The second kappa shape index (κ2) is 7.63. The number of rotatable bonds is 6. The summed E-state index contributed by atoms with van der Waals surface area (Å²) in [5.74, 6) is -0.977. The van der Waals surface area contributed by atoms with Crippen LogP contribution in [0.15, 0.2) is 30.3 Å². The van der Waals surface area contributed by atoms with Gasteiger partial charge in [-0.3, -0.25) is 9.59 Å². The fourth-order valence-corrected chi connectivity index (χ4v) is 2.56. The van der Waals surface area contributed by atoms with Crippen LogP contribution in [-0.2, 0) is 29.2 Å². The number of hydrogen-bond acceptors (Lipinski definition) is 4. The van der Waals surface area contributed by atoms with E-state index >= 15 is 0 Å². The molecule has 0 bridgehead atoms. The number of ether oxygens (including phenoxy) is 2. The van der Waals surface area contributed by atoms with E-state index in [2.05, 4.69) is 0 Å². The zero-order valence-corrected chi connectivity index (χ0v) is 14.5. The first-order valence-electron chi connectivity index (χ1n) is 7.79. The van der Waals surface area contributed by atoms with E-state index in [0.717, 1.165) is 10.6 Å². The Balaban J connectivity index is 2.49. The van der Waals surface area contributed by atoms with Gasteiger partial charge in [-0.25, -0.2) is 0 Å². The molecule has 2 rings (SSSR count). The molecule has 0 aliphatic heterocycles. The zero-order chi connectivity index (χ0) is 19.5. The predicted octanol–water partition coefficient (Wildman–Crippen LogP) is 3.39. The Morgan fingerprint density at radius 2 is 1.77 bits per heavy atom. The highest BCUT2D eigenvalue weighted by Crippen LogP contribution is 2.35. The molecule has 1 heterocycles. The Morgan fingerprint density at radius 3 is 2.27 bits per heavy atom. The Bertz CT molecular complexity index is 807. The molecule has 0 radical (unpaired) electrons. The molecule has 1 aromatic heterocycles. The van der Waals surface area contributed by atoms with E-state index in [0.29, 0.717) is 5.75 Å². The molecule has 26 heavy (non-hydrogen) atoms. The van der Waals surface area contributed by atoms with Gasteiger partial charge in [0.05, 0.1) is 25.7 Å². The number of halogens is 3. The van der Waals surface area contributed by atoms with Crippen molar-refractivity contribution >= 4 is 11.8 Å². The van der Waals surface area contributed by atoms with Crippen LogP contribution >= 0.6 is 0 Å². The summed E-state index contributed by atoms with van der Waals surface area (Å²) in [5, 5.41) is 0. The van der Waals surface area contributed by atoms with Crippen molar-refractivity contribution in [1.82, 2.24) is 4.57 Å². The van der Waals surface area contributed by atoms with Crippen molar-refractivity contribution in [2.75, 3.05) is 13.7 Å².